The van der Waals surface area contributed by atoms with Crippen molar-refractivity contribution in [2.24, 2.45) is 5.92 Å². The number of benzene rings is 1. The Morgan fingerprint density at radius 1 is 1.11 bits per heavy atom. The van der Waals surface area contributed by atoms with Gasteiger partial charge in [0.05, 0.1) is 0 Å². The Morgan fingerprint density at radius 3 is 2.26 bits per heavy atom. The van der Waals surface area contributed by atoms with Gasteiger partial charge >= 0.3 is 0 Å². The lowest BCUT2D eigenvalue weighted by Gasteiger charge is -2.32. The van der Waals surface area contributed by atoms with Gasteiger partial charge in [-0.1, -0.05) is 44.0 Å². The van der Waals surface area contributed by atoms with Crippen molar-refractivity contribution in [1.82, 2.24) is 5.32 Å². The molecule has 2 heteroatoms. The van der Waals surface area contributed by atoms with Gasteiger partial charge in [-0.05, 0) is 55.7 Å². The van der Waals surface area contributed by atoms with Gasteiger partial charge in [-0.25, -0.2) is 0 Å². The molecule has 0 spiro atoms. The highest BCUT2D eigenvalue weighted by molar-refractivity contribution is 6.30. The number of hydrogen-bond donors (Lipinski definition) is 1. The summed E-state index contributed by atoms with van der Waals surface area (Å²) >= 11 is 5.96. The predicted octanol–water partition coefficient (Wildman–Crippen LogP) is 5.35. The van der Waals surface area contributed by atoms with Crippen molar-refractivity contribution in [3.63, 3.8) is 0 Å². The molecule has 1 N–H and O–H groups in total. The number of halogens is 1. The molecule has 19 heavy (non-hydrogen) atoms. The van der Waals surface area contributed by atoms with Gasteiger partial charge in [-0.2, -0.15) is 0 Å². The van der Waals surface area contributed by atoms with E-state index in [4.69, 9.17) is 11.6 Å². The van der Waals surface area contributed by atoms with Crippen LogP contribution in [0.15, 0.2) is 24.3 Å². The van der Waals surface area contributed by atoms with Crippen molar-refractivity contribution in [2.75, 3.05) is 0 Å². The summed E-state index contributed by atoms with van der Waals surface area (Å²) in [4.78, 5) is 0. The first-order chi connectivity index (χ1) is 9.22. The summed E-state index contributed by atoms with van der Waals surface area (Å²) < 4.78 is 0. The van der Waals surface area contributed by atoms with Crippen LogP contribution in [0.1, 0.15) is 64.0 Å². The molecule has 1 nitrogen and oxygen atoms in total. The van der Waals surface area contributed by atoms with Gasteiger partial charge in [0, 0.05) is 17.1 Å². The summed E-state index contributed by atoms with van der Waals surface area (Å²) in [5.41, 5.74) is 1.37. The topological polar surface area (TPSA) is 12.0 Å². The second-order valence-corrected chi connectivity index (χ2v) is 6.24. The molecule has 1 fully saturated rings. The van der Waals surface area contributed by atoms with E-state index in [0.717, 1.165) is 17.4 Å². The fourth-order valence-corrected chi connectivity index (χ4v) is 3.29. The Hall–Kier alpha value is -0.530. The molecule has 0 aromatic heterocycles. The van der Waals surface area contributed by atoms with E-state index in [0.29, 0.717) is 12.1 Å². The first-order valence-corrected chi connectivity index (χ1v) is 8.12. The molecule has 106 valence electrons. The van der Waals surface area contributed by atoms with E-state index < -0.39 is 0 Å². The first kappa shape index (κ1) is 14.9. The lowest BCUT2D eigenvalue weighted by Crippen LogP contribution is -2.35. The van der Waals surface area contributed by atoms with Crippen LogP contribution >= 0.6 is 11.6 Å². The van der Waals surface area contributed by atoms with Crippen LogP contribution in [-0.4, -0.2) is 6.04 Å². The summed E-state index contributed by atoms with van der Waals surface area (Å²) in [7, 11) is 0. The maximum Gasteiger partial charge on any atom is 0.0406 e. The predicted molar refractivity (Wildman–Crippen MR) is 83.7 cm³/mol. The minimum atomic E-state index is 0.473. The van der Waals surface area contributed by atoms with Crippen LogP contribution in [0, 0.1) is 5.92 Å². The summed E-state index contributed by atoms with van der Waals surface area (Å²) in [6.07, 6.45) is 7.94. The molecule has 1 aliphatic rings. The van der Waals surface area contributed by atoms with Crippen molar-refractivity contribution < 1.29 is 0 Å². The normalized spacial score (nSPS) is 25.2. The number of nitrogens with one attached hydrogen (secondary N) is 1. The lowest BCUT2D eigenvalue weighted by molar-refractivity contribution is 0.267. The Kier molecular flexibility index (Phi) is 5.72. The fraction of sp³-hybridized carbons (Fsp3) is 0.647. The van der Waals surface area contributed by atoms with Crippen LogP contribution in [0.5, 0.6) is 0 Å². The van der Waals surface area contributed by atoms with E-state index in [2.05, 4.69) is 31.3 Å². The molecule has 0 heterocycles. The highest BCUT2D eigenvalue weighted by Gasteiger charge is 2.22. The fourth-order valence-electron chi connectivity index (χ4n) is 3.17. The molecular formula is C17H26ClN. The van der Waals surface area contributed by atoms with Crippen molar-refractivity contribution in [1.29, 1.82) is 0 Å². The Bertz CT molecular complexity index is 365. The third-order valence-corrected chi connectivity index (χ3v) is 4.79. The Labute approximate surface area is 122 Å². The lowest BCUT2D eigenvalue weighted by atomic mass is 9.84. The quantitative estimate of drug-likeness (QED) is 0.766. The summed E-state index contributed by atoms with van der Waals surface area (Å²) in [6, 6.07) is 9.47. The van der Waals surface area contributed by atoms with Crippen LogP contribution < -0.4 is 5.32 Å². The molecule has 1 aromatic rings. The van der Waals surface area contributed by atoms with Crippen molar-refractivity contribution in [2.45, 2.75) is 64.5 Å². The molecule has 1 unspecified atom stereocenters. The molecule has 0 bridgehead atoms. The zero-order valence-electron chi connectivity index (χ0n) is 12.2. The van der Waals surface area contributed by atoms with Gasteiger partial charge in [0.15, 0.2) is 0 Å². The zero-order valence-corrected chi connectivity index (χ0v) is 12.9. The molecular weight excluding hydrogens is 254 g/mol. The van der Waals surface area contributed by atoms with Crippen LogP contribution in [0.25, 0.3) is 0 Å². The standard InChI is InChI=1S/C17H26ClN/c1-3-13-5-11-16(12-6-13)19-17(4-2)14-7-9-15(18)10-8-14/h7-10,13,16-17,19H,3-6,11-12H2,1-2H3. The van der Waals surface area contributed by atoms with E-state index in [9.17, 15) is 0 Å². The Balaban J connectivity index is 1.91. The second-order valence-electron chi connectivity index (χ2n) is 5.80. The van der Waals surface area contributed by atoms with Gasteiger partial charge in [0.1, 0.15) is 0 Å². The Morgan fingerprint density at radius 2 is 1.74 bits per heavy atom. The molecule has 0 amide bonds. The third-order valence-electron chi connectivity index (χ3n) is 4.54. The second kappa shape index (κ2) is 7.31. The maximum atomic E-state index is 5.96. The monoisotopic (exact) mass is 279 g/mol. The van der Waals surface area contributed by atoms with Crippen LogP contribution in [-0.2, 0) is 0 Å². The maximum absolute atomic E-state index is 5.96. The molecule has 1 aromatic carbocycles. The zero-order chi connectivity index (χ0) is 13.7. The van der Waals surface area contributed by atoms with Crippen LogP contribution in [0.3, 0.4) is 0 Å². The number of rotatable bonds is 5. The van der Waals surface area contributed by atoms with Gasteiger partial charge < -0.3 is 5.32 Å². The number of hydrogen-bond acceptors (Lipinski definition) is 1. The highest BCUT2D eigenvalue weighted by Crippen LogP contribution is 2.29. The van der Waals surface area contributed by atoms with Gasteiger partial charge in [-0.3, -0.25) is 0 Å². The van der Waals surface area contributed by atoms with E-state index >= 15 is 0 Å². The average Bonchev–Trinajstić information content (AvgIpc) is 2.46. The smallest absolute Gasteiger partial charge is 0.0406 e. The molecule has 0 radical (unpaired) electrons. The largest absolute Gasteiger partial charge is 0.307 e. The molecule has 1 atom stereocenters. The summed E-state index contributed by atoms with van der Waals surface area (Å²) in [6.45, 7) is 4.57. The van der Waals surface area contributed by atoms with E-state index in [-0.39, 0.29) is 0 Å². The summed E-state index contributed by atoms with van der Waals surface area (Å²) in [5, 5.41) is 4.66. The van der Waals surface area contributed by atoms with E-state index in [1.165, 1.54) is 37.7 Å². The van der Waals surface area contributed by atoms with Crippen molar-refractivity contribution in [3.05, 3.63) is 34.9 Å². The van der Waals surface area contributed by atoms with Crippen LogP contribution in [0.4, 0.5) is 0 Å². The van der Waals surface area contributed by atoms with E-state index in [1.54, 1.807) is 0 Å². The first-order valence-electron chi connectivity index (χ1n) is 7.74. The van der Waals surface area contributed by atoms with Crippen molar-refractivity contribution in [3.8, 4) is 0 Å². The van der Waals surface area contributed by atoms with Gasteiger partial charge in [-0.15, -0.1) is 0 Å². The minimum absolute atomic E-state index is 0.473. The van der Waals surface area contributed by atoms with Crippen molar-refractivity contribution >= 4 is 11.6 Å². The average molecular weight is 280 g/mol. The molecule has 0 aliphatic heterocycles. The molecule has 0 saturated heterocycles. The molecule has 1 aliphatic carbocycles. The highest BCUT2D eigenvalue weighted by atomic mass is 35.5. The SMILES string of the molecule is CCC1CCC(NC(CC)c2ccc(Cl)cc2)CC1. The van der Waals surface area contributed by atoms with E-state index in [1.807, 2.05) is 12.1 Å². The third kappa shape index (κ3) is 4.22. The van der Waals surface area contributed by atoms with Crippen LogP contribution in [0.2, 0.25) is 5.02 Å². The molecule has 1 saturated carbocycles. The minimum Gasteiger partial charge on any atom is -0.307 e. The van der Waals surface area contributed by atoms with Gasteiger partial charge in [0.2, 0.25) is 0 Å². The van der Waals surface area contributed by atoms with Gasteiger partial charge in [0.25, 0.3) is 0 Å². The summed E-state index contributed by atoms with van der Waals surface area (Å²) in [5.74, 6) is 0.966. The molecule has 2 rings (SSSR count).